The van der Waals surface area contributed by atoms with Crippen LogP contribution >= 0.6 is 11.8 Å². The molecule has 2 aromatic carbocycles. The molecule has 31 heavy (non-hydrogen) atoms. The van der Waals surface area contributed by atoms with E-state index in [0.717, 1.165) is 16.8 Å². The molecule has 1 heterocycles. The normalized spacial score (nSPS) is 10.7. The van der Waals surface area contributed by atoms with Crippen molar-refractivity contribution in [3.63, 3.8) is 0 Å². The van der Waals surface area contributed by atoms with E-state index in [0.29, 0.717) is 10.9 Å². The minimum atomic E-state index is -0.339. The molecule has 0 aliphatic heterocycles. The number of thioether (sulfide) groups is 1. The average molecular weight is 443 g/mol. The third-order valence-electron chi connectivity index (χ3n) is 4.52. The first-order valence-electron chi connectivity index (χ1n) is 9.61. The lowest BCUT2D eigenvalue weighted by molar-refractivity contribution is -0.122. The molecule has 3 rings (SSSR count). The Kier molecular flexibility index (Phi) is 7.80. The lowest BCUT2D eigenvalue weighted by Gasteiger charge is -2.12. The van der Waals surface area contributed by atoms with Gasteiger partial charge in [0.25, 0.3) is 0 Å². The van der Waals surface area contributed by atoms with Gasteiger partial charge in [-0.1, -0.05) is 42.1 Å². The third kappa shape index (κ3) is 6.40. The molecule has 7 nitrogen and oxygen atoms in total. The summed E-state index contributed by atoms with van der Waals surface area (Å²) in [6.07, 6.45) is 1.48. The van der Waals surface area contributed by atoms with Crippen molar-refractivity contribution >= 4 is 29.3 Å². The second-order valence-electron chi connectivity index (χ2n) is 6.83. The van der Waals surface area contributed by atoms with E-state index in [2.05, 4.69) is 15.6 Å². The maximum absolute atomic E-state index is 13.0. The Balaban J connectivity index is 1.57. The van der Waals surface area contributed by atoms with Gasteiger partial charge in [-0.2, -0.15) is 0 Å². The molecule has 1 aromatic heterocycles. The molecule has 0 aliphatic carbocycles. The van der Waals surface area contributed by atoms with E-state index in [1.54, 1.807) is 16.7 Å². The second kappa shape index (κ2) is 10.7. The van der Waals surface area contributed by atoms with Gasteiger partial charge in [-0.25, -0.2) is 9.37 Å². The van der Waals surface area contributed by atoms with E-state index >= 15 is 0 Å². The summed E-state index contributed by atoms with van der Waals surface area (Å²) in [7, 11) is 0. The van der Waals surface area contributed by atoms with Gasteiger partial charge in [0.1, 0.15) is 12.4 Å². The SMILES string of the molecule is Cc1ccccc1NC(=O)CSc1ncc(CO)n1CC(=O)NCc1ccc(F)cc1. The number of halogens is 1. The van der Waals surface area contributed by atoms with Gasteiger partial charge < -0.3 is 20.3 Å². The molecule has 0 fully saturated rings. The number of aromatic nitrogens is 2. The first-order valence-corrected chi connectivity index (χ1v) is 10.6. The van der Waals surface area contributed by atoms with E-state index in [1.165, 1.54) is 30.1 Å². The van der Waals surface area contributed by atoms with Crippen LogP contribution in [-0.2, 0) is 29.3 Å². The van der Waals surface area contributed by atoms with Crippen molar-refractivity contribution in [2.45, 2.75) is 31.8 Å². The van der Waals surface area contributed by atoms with Gasteiger partial charge in [-0.3, -0.25) is 9.59 Å². The van der Waals surface area contributed by atoms with Crippen molar-refractivity contribution in [2.75, 3.05) is 11.1 Å². The standard InChI is InChI=1S/C22H23FN4O3S/c1-15-4-2-3-5-19(15)26-21(30)14-31-22-25-11-18(13-28)27(22)12-20(29)24-10-16-6-8-17(23)9-7-16/h2-9,11,28H,10,12-14H2,1H3,(H,24,29)(H,26,30). The van der Waals surface area contributed by atoms with Crippen LogP contribution in [0.15, 0.2) is 59.9 Å². The van der Waals surface area contributed by atoms with Crippen LogP contribution < -0.4 is 10.6 Å². The quantitative estimate of drug-likeness (QED) is 0.443. The predicted octanol–water partition coefficient (Wildman–Crippen LogP) is 2.87. The van der Waals surface area contributed by atoms with Crippen LogP contribution in [0.2, 0.25) is 0 Å². The zero-order valence-electron chi connectivity index (χ0n) is 17.0. The first kappa shape index (κ1) is 22.5. The van der Waals surface area contributed by atoms with Crippen LogP contribution in [0.5, 0.6) is 0 Å². The molecule has 0 aliphatic rings. The van der Waals surface area contributed by atoms with Crippen molar-refractivity contribution < 1.29 is 19.1 Å². The topological polar surface area (TPSA) is 96.2 Å². The molecule has 0 unspecified atom stereocenters. The third-order valence-corrected chi connectivity index (χ3v) is 5.51. The Hall–Kier alpha value is -3.17. The number of amides is 2. The van der Waals surface area contributed by atoms with Crippen LogP contribution in [0.4, 0.5) is 10.1 Å². The molecule has 0 bridgehead atoms. The van der Waals surface area contributed by atoms with Gasteiger partial charge in [-0.15, -0.1) is 0 Å². The van der Waals surface area contributed by atoms with Crippen molar-refractivity contribution in [3.8, 4) is 0 Å². The first-order chi connectivity index (χ1) is 15.0. The molecule has 2 amide bonds. The monoisotopic (exact) mass is 442 g/mol. The summed E-state index contributed by atoms with van der Waals surface area (Å²) in [5.74, 6) is -0.717. The number of nitrogens with one attached hydrogen (secondary N) is 2. The van der Waals surface area contributed by atoms with Gasteiger partial charge in [0.2, 0.25) is 11.8 Å². The van der Waals surface area contributed by atoms with Crippen molar-refractivity contribution in [1.29, 1.82) is 0 Å². The zero-order chi connectivity index (χ0) is 22.2. The molecule has 9 heteroatoms. The van der Waals surface area contributed by atoms with E-state index in [1.807, 2.05) is 31.2 Å². The predicted molar refractivity (Wildman–Crippen MR) is 117 cm³/mol. The molecule has 0 atom stereocenters. The highest BCUT2D eigenvalue weighted by atomic mass is 32.2. The molecular formula is C22H23FN4O3S. The number of rotatable bonds is 9. The maximum atomic E-state index is 13.0. The smallest absolute Gasteiger partial charge is 0.240 e. The second-order valence-corrected chi connectivity index (χ2v) is 7.77. The molecule has 0 saturated heterocycles. The highest BCUT2D eigenvalue weighted by Gasteiger charge is 2.15. The fraction of sp³-hybridized carbons (Fsp3) is 0.227. The van der Waals surface area contributed by atoms with E-state index < -0.39 is 0 Å². The number of carbonyl (C=O) groups is 2. The fourth-order valence-corrected chi connectivity index (χ4v) is 3.63. The lowest BCUT2D eigenvalue weighted by atomic mass is 10.2. The molecule has 3 N–H and O–H groups in total. The van der Waals surface area contributed by atoms with E-state index in [4.69, 9.17) is 0 Å². The summed E-state index contributed by atoms with van der Waals surface area (Å²) in [5, 5.41) is 15.6. The summed E-state index contributed by atoms with van der Waals surface area (Å²) in [5.41, 5.74) is 2.94. The Morgan fingerprint density at radius 1 is 1.13 bits per heavy atom. The van der Waals surface area contributed by atoms with E-state index in [-0.39, 0.29) is 43.1 Å². The summed E-state index contributed by atoms with van der Waals surface area (Å²) < 4.78 is 14.6. The van der Waals surface area contributed by atoms with Crippen LogP contribution in [0.1, 0.15) is 16.8 Å². The number of anilines is 1. The van der Waals surface area contributed by atoms with Crippen LogP contribution in [0.25, 0.3) is 0 Å². The number of carbonyl (C=O) groups excluding carboxylic acids is 2. The number of nitrogens with zero attached hydrogens (tertiary/aromatic N) is 2. The summed E-state index contributed by atoms with van der Waals surface area (Å²) >= 11 is 1.18. The number of benzene rings is 2. The summed E-state index contributed by atoms with van der Waals surface area (Å²) in [6, 6.07) is 13.3. The summed E-state index contributed by atoms with van der Waals surface area (Å²) in [6.45, 7) is 1.82. The average Bonchev–Trinajstić information content (AvgIpc) is 3.15. The minimum absolute atomic E-state index is 0.0567. The van der Waals surface area contributed by atoms with Gasteiger partial charge in [0.05, 0.1) is 24.3 Å². The number of hydrogen-bond donors (Lipinski definition) is 3. The van der Waals surface area contributed by atoms with Crippen LogP contribution in [-0.4, -0.2) is 32.2 Å². The number of aliphatic hydroxyl groups excluding tert-OH is 1. The van der Waals surface area contributed by atoms with Crippen molar-refractivity contribution in [1.82, 2.24) is 14.9 Å². The number of para-hydroxylation sites is 1. The lowest BCUT2D eigenvalue weighted by Crippen LogP contribution is -2.28. The Morgan fingerprint density at radius 3 is 2.58 bits per heavy atom. The van der Waals surface area contributed by atoms with Crippen LogP contribution in [0.3, 0.4) is 0 Å². The Morgan fingerprint density at radius 2 is 1.87 bits per heavy atom. The molecular weight excluding hydrogens is 419 g/mol. The Labute approximate surface area is 183 Å². The van der Waals surface area contributed by atoms with Crippen LogP contribution in [0, 0.1) is 12.7 Å². The van der Waals surface area contributed by atoms with Crippen molar-refractivity contribution in [3.05, 3.63) is 77.4 Å². The molecule has 0 spiro atoms. The van der Waals surface area contributed by atoms with Gasteiger partial charge in [0, 0.05) is 12.2 Å². The van der Waals surface area contributed by atoms with E-state index in [9.17, 15) is 19.1 Å². The number of imidazole rings is 1. The zero-order valence-corrected chi connectivity index (χ0v) is 17.8. The van der Waals surface area contributed by atoms with Gasteiger partial charge >= 0.3 is 0 Å². The highest BCUT2D eigenvalue weighted by Crippen LogP contribution is 2.20. The number of aryl methyl sites for hydroxylation is 1. The Bertz CT molecular complexity index is 1050. The molecule has 3 aromatic rings. The van der Waals surface area contributed by atoms with Gasteiger partial charge in [-0.05, 0) is 36.2 Å². The number of aliphatic hydroxyl groups is 1. The van der Waals surface area contributed by atoms with Crippen molar-refractivity contribution in [2.24, 2.45) is 0 Å². The largest absolute Gasteiger partial charge is 0.390 e. The van der Waals surface area contributed by atoms with Gasteiger partial charge in [0.15, 0.2) is 5.16 Å². The molecule has 0 radical (unpaired) electrons. The molecule has 0 saturated carbocycles. The fourth-order valence-electron chi connectivity index (χ4n) is 2.83. The number of hydrogen-bond acceptors (Lipinski definition) is 5. The highest BCUT2D eigenvalue weighted by molar-refractivity contribution is 7.99. The minimum Gasteiger partial charge on any atom is -0.390 e. The summed E-state index contributed by atoms with van der Waals surface area (Å²) in [4.78, 5) is 28.9. The maximum Gasteiger partial charge on any atom is 0.240 e. The molecule has 162 valence electrons.